The maximum Gasteiger partial charge on any atom is 0.312 e. The standard InChI is InChI=1S/C43H68N2O5S/c1-29(2)31-12-19-43(44-22-23-45-24-26-51(49,50)27-25-45)21-20-40(6)33(36(31)43)8-9-35-39(5)15-13-32(38(3,4)34(39)14-16-41(35,40)7)30-10-17-42(28-46,18-11-30)37(47)48/h10,13,31,33-36,44,46H,1,8-9,11-12,14-28H2,2-7H3,(H,47,48). The van der Waals surface area contributed by atoms with E-state index in [0.717, 1.165) is 25.9 Å². The fourth-order valence-corrected chi connectivity index (χ4v) is 15.9. The van der Waals surface area contributed by atoms with Gasteiger partial charge in [-0.2, -0.15) is 0 Å². The van der Waals surface area contributed by atoms with E-state index in [1.54, 1.807) is 0 Å². The van der Waals surface area contributed by atoms with Crippen molar-refractivity contribution in [2.75, 3.05) is 44.3 Å². The molecule has 0 radical (unpaired) electrons. The van der Waals surface area contributed by atoms with Crippen molar-refractivity contribution in [1.82, 2.24) is 10.2 Å². The Morgan fingerprint density at radius 2 is 1.65 bits per heavy atom. The van der Waals surface area contributed by atoms with Gasteiger partial charge in [0, 0.05) is 31.7 Å². The molecular weight excluding hydrogens is 657 g/mol. The molecule has 10 atom stereocenters. The van der Waals surface area contributed by atoms with Crippen LogP contribution < -0.4 is 5.32 Å². The number of sulfone groups is 1. The fourth-order valence-electron chi connectivity index (χ4n) is 14.6. The molecule has 0 aromatic rings. The zero-order valence-electron chi connectivity index (χ0n) is 32.7. The number of rotatable bonds is 8. The van der Waals surface area contributed by atoms with Crippen molar-refractivity contribution in [2.45, 2.75) is 124 Å². The lowest BCUT2D eigenvalue weighted by atomic mass is 9.33. The first-order valence-corrected chi connectivity index (χ1v) is 22.3. The zero-order valence-corrected chi connectivity index (χ0v) is 33.5. The molecule has 1 saturated heterocycles. The van der Waals surface area contributed by atoms with Crippen LogP contribution in [0, 0.1) is 56.7 Å². The fraction of sp³-hybridized carbons (Fsp3) is 0.837. The highest BCUT2D eigenvalue weighted by molar-refractivity contribution is 7.91. The van der Waals surface area contributed by atoms with E-state index in [4.69, 9.17) is 0 Å². The molecule has 3 N–H and O–H groups in total. The first kappa shape index (κ1) is 37.8. The van der Waals surface area contributed by atoms with Gasteiger partial charge in [-0.3, -0.25) is 4.79 Å². The second kappa shape index (κ2) is 12.8. The van der Waals surface area contributed by atoms with Crippen molar-refractivity contribution in [2.24, 2.45) is 56.7 Å². The van der Waals surface area contributed by atoms with E-state index in [1.807, 2.05) is 0 Å². The molecule has 0 aromatic carbocycles. The molecule has 51 heavy (non-hydrogen) atoms. The summed E-state index contributed by atoms with van der Waals surface area (Å²) in [4.78, 5) is 14.4. The molecule has 6 aliphatic carbocycles. The Morgan fingerprint density at radius 3 is 2.27 bits per heavy atom. The number of carboxylic acid groups (broad SMARTS) is 1. The highest BCUT2D eigenvalue weighted by atomic mass is 32.2. The van der Waals surface area contributed by atoms with Gasteiger partial charge in [-0.1, -0.05) is 58.9 Å². The number of nitrogens with one attached hydrogen (secondary N) is 1. The Kier molecular flexibility index (Phi) is 9.49. The van der Waals surface area contributed by atoms with Gasteiger partial charge in [0.1, 0.15) is 0 Å². The second-order valence-electron chi connectivity index (χ2n) is 20.0. The molecule has 10 unspecified atom stereocenters. The summed E-state index contributed by atoms with van der Waals surface area (Å²) in [5.74, 6) is 2.78. The number of carboxylic acids is 1. The summed E-state index contributed by atoms with van der Waals surface area (Å²) in [5, 5.41) is 24.1. The number of aliphatic hydroxyl groups is 1. The van der Waals surface area contributed by atoms with Crippen LogP contribution in [0.25, 0.3) is 0 Å². The number of allylic oxidation sites excluding steroid dienone is 5. The number of aliphatic carboxylic acids is 1. The topological polar surface area (TPSA) is 107 Å². The van der Waals surface area contributed by atoms with Crippen molar-refractivity contribution in [3.05, 3.63) is 35.5 Å². The largest absolute Gasteiger partial charge is 0.481 e. The van der Waals surface area contributed by atoms with Gasteiger partial charge in [0.25, 0.3) is 0 Å². The first-order valence-electron chi connectivity index (χ1n) is 20.5. The lowest BCUT2D eigenvalue weighted by Gasteiger charge is -2.72. The Hall–Kier alpha value is -1.48. The SMILES string of the molecule is C=C(C)C1CCC2(NCCN3CCS(=O)(=O)CC3)CCC3(C)C(CCC4C5(C)CC=C(C6=CCC(CO)(C(=O)O)CC6)C(C)(C)C5CCC43C)C12. The molecule has 0 aromatic heterocycles. The minimum Gasteiger partial charge on any atom is -0.481 e. The minimum atomic E-state index is -2.87. The van der Waals surface area contributed by atoms with Crippen LogP contribution in [0.2, 0.25) is 0 Å². The van der Waals surface area contributed by atoms with Crippen molar-refractivity contribution in [3.8, 4) is 0 Å². The van der Waals surface area contributed by atoms with Crippen LogP contribution in [0.3, 0.4) is 0 Å². The number of hydrogen-bond donors (Lipinski definition) is 3. The van der Waals surface area contributed by atoms with Crippen LogP contribution in [-0.2, 0) is 14.6 Å². The number of fused-ring (bicyclic) bond motifs is 7. The van der Waals surface area contributed by atoms with Gasteiger partial charge in [0.2, 0.25) is 0 Å². The molecule has 0 spiro atoms. The number of aliphatic hydroxyl groups excluding tert-OH is 1. The normalized spacial score (nSPS) is 46.1. The van der Waals surface area contributed by atoms with Crippen molar-refractivity contribution in [3.63, 3.8) is 0 Å². The average molecular weight is 725 g/mol. The lowest BCUT2D eigenvalue weighted by molar-refractivity contribution is -0.221. The van der Waals surface area contributed by atoms with Crippen LogP contribution in [0.4, 0.5) is 0 Å². The number of nitrogens with zero attached hydrogens (tertiary/aromatic N) is 1. The van der Waals surface area contributed by atoms with Gasteiger partial charge in [0.05, 0.1) is 23.5 Å². The summed E-state index contributed by atoms with van der Waals surface area (Å²) in [6, 6.07) is 0. The zero-order chi connectivity index (χ0) is 36.8. The molecule has 0 bridgehead atoms. The smallest absolute Gasteiger partial charge is 0.312 e. The molecular formula is C43H68N2O5S. The molecule has 1 heterocycles. The Balaban J connectivity index is 1.13. The molecule has 4 saturated carbocycles. The van der Waals surface area contributed by atoms with Gasteiger partial charge < -0.3 is 20.4 Å². The number of hydrogen-bond acceptors (Lipinski definition) is 6. The maximum atomic E-state index is 12.1. The molecule has 8 heteroatoms. The van der Waals surface area contributed by atoms with E-state index in [9.17, 15) is 23.4 Å². The average Bonchev–Trinajstić information content (AvgIpc) is 3.46. The summed E-state index contributed by atoms with van der Waals surface area (Å²) in [7, 11) is -2.87. The minimum absolute atomic E-state index is 0.0149. The van der Waals surface area contributed by atoms with Crippen LogP contribution in [0.15, 0.2) is 35.5 Å². The van der Waals surface area contributed by atoms with E-state index in [2.05, 4.69) is 70.5 Å². The Labute approximate surface area is 309 Å². The number of carbonyl (C=O) groups is 1. The molecule has 0 amide bonds. The highest BCUT2D eigenvalue weighted by Gasteiger charge is 2.70. The van der Waals surface area contributed by atoms with E-state index in [1.165, 1.54) is 68.1 Å². The molecule has 7 aliphatic rings. The van der Waals surface area contributed by atoms with Crippen LogP contribution in [0.1, 0.15) is 119 Å². The first-order chi connectivity index (χ1) is 23.9. The van der Waals surface area contributed by atoms with Crippen LogP contribution in [0.5, 0.6) is 0 Å². The molecule has 1 aliphatic heterocycles. The van der Waals surface area contributed by atoms with Gasteiger partial charge in [0.15, 0.2) is 9.84 Å². The van der Waals surface area contributed by atoms with Gasteiger partial charge in [-0.05, 0) is 146 Å². The van der Waals surface area contributed by atoms with E-state index < -0.39 is 21.2 Å². The Morgan fingerprint density at radius 1 is 0.922 bits per heavy atom. The lowest BCUT2D eigenvalue weighted by Crippen LogP contribution is -2.68. The Bertz CT molecular complexity index is 1590. The van der Waals surface area contributed by atoms with E-state index in [-0.39, 0.29) is 33.8 Å². The van der Waals surface area contributed by atoms with Crippen LogP contribution >= 0.6 is 0 Å². The maximum absolute atomic E-state index is 12.1. The molecule has 5 fully saturated rings. The molecule has 286 valence electrons. The summed E-state index contributed by atoms with van der Waals surface area (Å²) in [6.45, 7) is 22.7. The second-order valence-corrected chi connectivity index (χ2v) is 22.3. The monoisotopic (exact) mass is 724 g/mol. The highest BCUT2D eigenvalue weighted by Crippen LogP contribution is 2.76. The van der Waals surface area contributed by atoms with Crippen molar-refractivity contribution < 1.29 is 23.4 Å². The molecule has 7 nitrogen and oxygen atoms in total. The third-order valence-electron chi connectivity index (χ3n) is 17.7. The predicted molar refractivity (Wildman–Crippen MR) is 205 cm³/mol. The van der Waals surface area contributed by atoms with Crippen molar-refractivity contribution >= 4 is 15.8 Å². The predicted octanol–water partition coefficient (Wildman–Crippen LogP) is 7.43. The van der Waals surface area contributed by atoms with Crippen molar-refractivity contribution in [1.29, 1.82) is 0 Å². The van der Waals surface area contributed by atoms with Crippen LogP contribution in [-0.4, -0.2) is 79.3 Å². The van der Waals surface area contributed by atoms with E-state index >= 15 is 0 Å². The van der Waals surface area contributed by atoms with E-state index in [0.29, 0.717) is 67.0 Å². The molecule has 7 rings (SSSR count). The quantitative estimate of drug-likeness (QED) is 0.224. The third kappa shape index (κ3) is 5.72. The van der Waals surface area contributed by atoms with Gasteiger partial charge >= 0.3 is 5.97 Å². The van der Waals surface area contributed by atoms with Gasteiger partial charge in [-0.15, -0.1) is 0 Å². The summed E-state index contributed by atoms with van der Waals surface area (Å²) in [5.41, 5.74) is 4.01. The summed E-state index contributed by atoms with van der Waals surface area (Å²) >= 11 is 0. The summed E-state index contributed by atoms with van der Waals surface area (Å²) < 4.78 is 24.1. The van der Waals surface area contributed by atoms with Gasteiger partial charge in [-0.25, -0.2) is 8.42 Å². The third-order valence-corrected chi connectivity index (χ3v) is 19.3. The summed E-state index contributed by atoms with van der Waals surface area (Å²) in [6.07, 6.45) is 17.5.